The van der Waals surface area contributed by atoms with Gasteiger partial charge in [-0.25, -0.2) is 0 Å². The molecule has 0 N–H and O–H groups in total. The van der Waals surface area contributed by atoms with Crippen LogP contribution in [0.5, 0.6) is 0 Å². The van der Waals surface area contributed by atoms with Crippen LogP contribution in [0.25, 0.3) is 43.4 Å². The molecule has 0 bridgehead atoms. The third kappa shape index (κ3) is 4.01. The van der Waals surface area contributed by atoms with Gasteiger partial charge in [0.25, 0.3) is 0 Å². The molecule has 0 atom stereocenters. The smallest absolute Gasteiger partial charge is 0.0468 e. The average molecular weight is 472 g/mol. The average Bonchev–Trinajstić information content (AvgIpc) is 2.97. The Morgan fingerprint density at radius 2 is 0.649 bits per heavy atom. The van der Waals surface area contributed by atoms with Gasteiger partial charge in [0.1, 0.15) is 0 Å². The van der Waals surface area contributed by atoms with Gasteiger partial charge in [0.2, 0.25) is 0 Å². The maximum atomic E-state index is 2.35. The lowest BCUT2D eigenvalue weighted by Crippen LogP contribution is -2.09. The second kappa shape index (κ2) is 8.96. The Labute approximate surface area is 216 Å². The quantitative estimate of drug-likeness (QED) is 0.247. The highest BCUT2D eigenvalue weighted by Gasteiger charge is 2.14. The van der Waals surface area contributed by atoms with Gasteiger partial charge in [0.05, 0.1) is 0 Å². The highest BCUT2D eigenvalue weighted by Crippen LogP contribution is 2.38. The van der Waals surface area contributed by atoms with Crippen LogP contribution in [0, 0.1) is 0 Å². The van der Waals surface area contributed by atoms with E-state index in [4.69, 9.17) is 0 Å². The first kappa shape index (κ1) is 21.4. The standard InChI is InChI=1S/C36H25N/c1-4-10-30-23-33(14-13-26(30)7-1)29-15-19-34(20-16-29)37(35-21-17-27-8-2-5-11-31(27)24-35)36-22-18-28-9-3-6-12-32(28)25-36/h1-25H. The van der Waals surface area contributed by atoms with Crippen LogP contribution in [0.15, 0.2) is 152 Å². The molecule has 1 nitrogen and oxygen atoms in total. The van der Waals surface area contributed by atoms with Crippen molar-refractivity contribution in [2.75, 3.05) is 4.90 Å². The van der Waals surface area contributed by atoms with Crippen LogP contribution in [-0.2, 0) is 0 Å². The number of rotatable bonds is 4. The van der Waals surface area contributed by atoms with Crippen LogP contribution >= 0.6 is 0 Å². The molecule has 7 aromatic carbocycles. The number of anilines is 3. The lowest BCUT2D eigenvalue weighted by molar-refractivity contribution is 1.29. The Balaban J connectivity index is 1.35. The second-order valence-corrected chi connectivity index (χ2v) is 9.51. The molecule has 37 heavy (non-hydrogen) atoms. The fourth-order valence-corrected chi connectivity index (χ4v) is 5.25. The molecule has 0 aliphatic rings. The van der Waals surface area contributed by atoms with E-state index in [2.05, 4.69) is 157 Å². The first-order chi connectivity index (χ1) is 18.3. The van der Waals surface area contributed by atoms with E-state index in [1.54, 1.807) is 0 Å². The van der Waals surface area contributed by atoms with Gasteiger partial charge < -0.3 is 4.90 Å². The summed E-state index contributed by atoms with van der Waals surface area (Å²) in [5.41, 5.74) is 5.87. The summed E-state index contributed by atoms with van der Waals surface area (Å²) in [5.74, 6) is 0. The number of benzene rings is 7. The first-order valence-electron chi connectivity index (χ1n) is 12.7. The zero-order valence-corrected chi connectivity index (χ0v) is 20.4. The number of nitrogens with zero attached hydrogens (tertiary/aromatic N) is 1. The molecule has 1 heteroatoms. The summed E-state index contributed by atoms with van der Waals surface area (Å²) in [5, 5.41) is 7.49. The number of hydrogen-bond donors (Lipinski definition) is 0. The molecule has 174 valence electrons. The largest absolute Gasteiger partial charge is 0.310 e. The van der Waals surface area contributed by atoms with E-state index in [9.17, 15) is 0 Å². The fourth-order valence-electron chi connectivity index (χ4n) is 5.25. The van der Waals surface area contributed by atoms with Crippen molar-refractivity contribution < 1.29 is 0 Å². The molecule has 0 fully saturated rings. The molecular formula is C36H25N. The zero-order chi connectivity index (χ0) is 24.6. The van der Waals surface area contributed by atoms with Crippen molar-refractivity contribution in [3.05, 3.63) is 152 Å². The summed E-state index contributed by atoms with van der Waals surface area (Å²) < 4.78 is 0. The lowest BCUT2D eigenvalue weighted by atomic mass is 10.0. The van der Waals surface area contributed by atoms with Gasteiger partial charge in [-0.3, -0.25) is 0 Å². The third-order valence-corrected chi connectivity index (χ3v) is 7.19. The minimum Gasteiger partial charge on any atom is -0.310 e. The SMILES string of the molecule is c1ccc2cc(-c3ccc(N(c4ccc5ccccc5c4)c4ccc5ccccc5c4)cc3)ccc2c1. The van der Waals surface area contributed by atoms with Crippen molar-refractivity contribution in [1.82, 2.24) is 0 Å². The molecule has 7 aromatic rings. The molecule has 0 saturated heterocycles. The molecule has 0 saturated carbocycles. The molecular weight excluding hydrogens is 446 g/mol. The number of hydrogen-bond acceptors (Lipinski definition) is 1. The highest BCUT2D eigenvalue weighted by molar-refractivity contribution is 5.93. The van der Waals surface area contributed by atoms with E-state index in [-0.39, 0.29) is 0 Å². The van der Waals surface area contributed by atoms with Gasteiger partial charge in [0, 0.05) is 17.1 Å². The van der Waals surface area contributed by atoms with Crippen molar-refractivity contribution in [3.63, 3.8) is 0 Å². The second-order valence-electron chi connectivity index (χ2n) is 9.51. The third-order valence-electron chi connectivity index (χ3n) is 7.19. The molecule has 0 radical (unpaired) electrons. The van der Waals surface area contributed by atoms with Crippen LogP contribution in [0.1, 0.15) is 0 Å². The molecule has 7 rings (SSSR count). The topological polar surface area (TPSA) is 3.24 Å². The molecule has 0 amide bonds. The van der Waals surface area contributed by atoms with E-state index in [0.29, 0.717) is 0 Å². The van der Waals surface area contributed by atoms with E-state index in [1.165, 1.54) is 43.4 Å². The molecule has 0 aromatic heterocycles. The van der Waals surface area contributed by atoms with Crippen LogP contribution in [-0.4, -0.2) is 0 Å². The molecule has 0 aliphatic carbocycles. The summed E-state index contributed by atoms with van der Waals surface area (Å²) in [6.45, 7) is 0. The van der Waals surface area contributed by atoms with Crippen LogP contribution in [0.3, 0.4) is 0 Å². The van der Waals surface area contributed by atoms with Crippen LogP contribution in [0.2, 0.25) is 0 Å². The summed E-state index contributed by atoms with van der Waals surface area (Å²) in [6, 6.07) is 54.6. The molecule has 0 heterocycles. The Morgan fingerprint density at radius 1 is 0.270 bits per heavy atom. The molecule has 0 aliphatic heterocycles. The van der Waals surface area contributed by atoms with Crippen LogP contribution < -0.4 is 4.90 Å². The van der Waals surface area contributed by atoms with Crippen molar-refractivity contribution in [3.8, 4) is 11.1 Å². The van der Waals surface area contributed by atoms with Gasteiger partial charge in [-0.15, -0.1) is 0 Å². The molecule has 0 unspecified atom stereocenters. The van der Waals surface area contributed by atoms with E-state index < -0.39 is 0 Å². The predicted octanol–water partition coefficient (Wildman–Crippen LogP) is 10.3. The summed E-state index contributed by atoms with van der Waals surface area (Å²) in [7, 11) is 0. The summed E-state index contributed by atoms with van der Waals surface area (Å²) in [6.07, 6.45) is 0. The summed E-state index contributed by atoms with van der Waals surface area (Å²) >= 11 is 0. The highest BCUT2D eigenvalue weighted by atomic mass is 15.1. The van der Waals surface area contributed by atoms with Gasteiger partial charge in [-0.1, -0.05) is 109 Å². The minimum atomic E-state index is 1.13. The minimum absolute atomic E-state index is 1.13. The summed E-state index contributed by atoms with van der Waals surface area (Å²) in [4.78, 5) is 2.35. The van der Waals surface area contributed by atoms with Gasteiger partial charge in [0.15, 0.2) is 0 Å². The van der Waals surface area contributed by atoms with Gasteiger partial charge >= 0.3 is 0 Å². The van der Waals surface area contributed by atoms with E-state index in [0.717, 1.165) is 17.1 Å². The fraction of sp³-hybridized carbons (Fsp3) is 0. The van der Waals surface area contributed by atoms with Crippen molar-refractivity contribution in [2.45, 2.75) is 0 Å². The van der Waals surface area contributed by atoms with Gasteiger partial charge in [-0.05, 0) is 85.9 Å². The van der Waals surface area contributed by atoms with E-state index in [1.807, 2.05) is 0 Å². The zero-order valence-electron chi connectivity index (χ0n) is 20.4. The Hall–Kier alpha value is -4.88. The molecule has 0 spiro atoms. The Bertz CT molecular complexity index is 1800. The lowest BCUT2D eigenvalue weighted by Gasteiger charge is -2.26. The van der Waals surface area contributed by atoms with Crippen LogP contribution in [0.4, 0.5) is 17.1 Å². The first-order valence-corrected chi connectivity index (χ1v) is 12.7. The monoisotopic (exact) mass is 471 g/mol. The van der Waals surface area contributed by atoms with Gasteiger partial charge in [-0.2, -0.15) is 0 Å². The van der Waals surface area contributed by atoms with Crippen molar-refractivity contribution in [2.24, 2.45) is 0 Å². The maximum absolute atomic E-state index is 2.35. The Morgan fingerprint density at radius 3 is 1.16 bits per heavy atom. The van der Waals surface area contributed by atoms with Crippen molar-refractivity contribution >= 4 is 49.4 Å². The normalized spacial score (nSPS) is 11.2. The van der Waals surface area contributed by atoms with E-state index >= 15 is 0 Å². The maximum Gasteiger partial charge on any atom is 0.0468 e. The Kier molecular flexibility index (Phi) is 5.19. The number of fused-ring (bicyclic) bond motifs is 3. The van der Waals surface area contributed by atoms with Crippen molar-refractivity contribution in [1.29, 1.82) is 0 Å². The predicted molar refractivity (Wildman–Crippen MR) is 159 cm³/mol.